The van der Waals surface area contributed by atoms with Gasteiger partial charge in [0.25, 0.3) is 0 Å². The van der Waals surface area contributed by atoms with Gasteiger partial charge < -0.3 is 9.30 Å². The van der Waals surface area contributed by atoms with Crippen molar-refractivity contribution in [1.29, 1.82) is 0 Å². The van der Waals surface area contributed by atoms with Gasteiger partial charge in [-0.25, -0.2) is 9.97 Å². The molecule has 0 saturated heterocycles. The molecular formula is C24H23N3O2S2. The van der Waals surface area contributed by atoms with Crippen molar-refractivity contribution >= 4 is 22.6 Å². The zero-order valence-corrected chi connectivity index (χ0v) is 19.5. The summed E-state index contributed by atoms with van der Waals surface area (Å²) in [6.07, 6.45) is 3.46. The summed E-state index contributed by atoms with van der Waals surface area (Å²) in [5.41, 5.74) is 3.99. The van der Waals surface area contributed by atoms with Crippen LogP contribution in [-0.4, -0.2) is 32.1 Å². The summed E-state index contributed by atoms with van der Waals surface area (Å²) in [4.78, 5) is 11.3. The number of pyridine rings is 1. The number of benzene rings is 2. The molecule has 4 rings (SSSR count). The number of aryl methyl sites for hydroxylation is 1. The van der Waals surface area contributed by atoms with Gasteiger partial charge in [0.2, 0.25) is 5.88 Å². The van der Waals surface area contributed by atoms with Crippen LogP contribution in [0.1, 0.15) is 5.56 Å². The van der Waals surface area contributed by atoms with E-state index >= 15 is 0 Å². The molecule has 0 aliphatic heterocycles. The molecule has 1 unspecified atom stereocenters. The van der Waals surface area contributed by atoms with Crippen LogP contribution in [-0.2, 0) is 17.8 Å². The van der Waals surface area contributed by atoms with E-state index in [1.165, 1.54) is 5.56 Å². The highest BCUT2D eigenvalue weighted by atomic mass is 32.2. The first kappa shape index (κ1) is 21.3. The fourth-order valence-corrected chi connectivity index (χ4v) is 4.70. The van der Waals surface area contributed by atoms with Gasteiger partial charge in [-0.1, -0.05) is 41.6 Å². The third-order valence-corrected chi connectivity index (χ3v) is 7.05. The van der Waals surface area contributed by atoms with E-state index in [4.69, 9.17) is 9.72 Å². The third-order valence-electron chi connectivity index (χ3n) is 4.94. The van der Waals surface area contributed by atoms with Gasteiger partial charge in [0.1, 0.15) is 16.5 Å². The molecule has 0 aliphatic carbocycles. The predicted molar refractivity (Wildman–Crippen MR) is 126 cm³/mol. The molecule has 2 aromatic carbocycles. The number of hydrogen-bond donors (Lipinski definition) is 0. The van der Waals surface area contributed by atoms with E-state index < -0.39 is 10.8 Å². The molecule has 31 heavy (non-hydrogen) atoms. The average molecular weight is 450 g/mol. The smallest absolute Gasteiger partial charge is 0.212 e. The van der Waals surface area contributed by atoms with E-state index in [9.17, 15) is 4.21 Å². The molecule has 0 radical (unpaired) electrons. The Balaban J connectivity index is 1.82. The Labute approximate surface area is 189 Å². The summed E-state index contributed by atoms with van der Waals surface area (Å²) in [5, 5.41) is 1.03. The minimum atomic E-state index is -1.02. The average Bonchev–Trinajstić information content (AvgIpc) is 3.11. The zero-order chi connectivity index (χ0) is 22.0. The summed E-state index contributed by atoms with van der Waals surface area (Å²) < 4.78 is 19.1. The number of methoxy groups -OCH3 is 1. The summed E-state index contributed by atoms with van der Waals surface area (Å²) in [6, 6.07) is 20.0. The van der Waals surface area contributed by atoms with E-state index in [1.54, 1.807) is 31.3 Å². The van der Waals surface area contributed by atoms with Gasteiger partial charge in [0.15, 0.2) is 0 Å². The molecule has 0 fully saturated rings. The minimum Gasteiger partial charge on any atom is -0.481 e. The largest absolute Gasteiger partial charge is 0.481 e. The number of hydrogen-bond acceptors (Lipinski definition) is 5. The van der Waals surface area contributed by atoms with Crippen LogP contribution in [0.5, 0.6) is 5.88 Å². The number of rotatable bonds is 6. The van der Waals surface area contributed by atoms with Gasteiger partial charge in [-0.3, -0.25) is 4.21 Å². The maximum Gasteiger partial charge on any atom is 0.212 e. The Bertz CT molecular complexity index is 1220. The van der Waals surface area contributed by atoms with Gasteiger partial charge in [0, 0.05) is 57.3 Å². The van der Waals surface area contributed by atoms with E-state index in [0.29, 0.717) is 5.88 Å². The topological polar surface area (TPSA) is 57.0 Å². The fourth-order valence-electron chi connectivity index (χ4n) is 3.20. The quantitative estimate of drug-likeness (QED) is 0.397. The van der Waals surface area contributed by atoms with Crippen LogP contribution < -0.4 is 4.74 Å². The van der Waals surface area contributed by atoms with E-state index in [-0.39, 0.29) is 0 Å². The number of imidazole rings is 1. The van der Waals surface area contributed by atoms with Crippen molar-refractivity contribution < 1.29 is 8.95 Å². The molecule has 1 atom stereocenters. The molecule has 7 heteroatoms. The molecule has 5 nitrogen and oxygen atoms in total. The number of aromatic nitrogens is 3. The maximum absolute atomic E-state index is 11.8. The fraction of sp³-hybridized carbons (Fsp3) is 0.167. The van der Waals surface area contributed by atoms with Crippen molar-refractivity contribution in [3.63, 3.8) is 0 Å². The van der Waals surface area contributed by atoms with Crippen LogP contribution in [0.2, 0.25) is 0 Å². The Morgan fingerprint density at radius 3 is 2.23 bits per heavy atom. The highest BCUT2D eigenvalue weighted by Crippen LogP contribution is 2.38. The Kier molecular flexibility index (Phi) is 6.25. The van der Waals surface area contributed by atoms with Crippen molar-refractivity contribution in [2.45, 2.75) is 21.7 Å². The molecule has 0 bridgehead atoms. The van der Waals surface area contributed by atoms with Crippen LogP contribution in [0.4, 0.5) is 0 Å². The number of ether oxygens (including phenoxy) is 1. The summed E-state index contributed by atoms with van der Waals surface area (Å²) in [7, 11) is 2.60. The Hall–Kier alpha value is -2.90. The zero-order valence-electron chi connectivity index (χ0n) is 17.8. The van der Waals surface area contributed by atoms with Crippen LogP contribution in [0.3, 0.4) is 0 Å². The van der Waals surface area contributed by atoms with Crippen molar-refractivity contribution in [3.05, 3.63) is 72.4 Å². The molecular weight excluding hydrogens is 426 g/mol. The molecule has 0 amide bonds. The van der Waals surface area contributed by atoms with Gasteiger partial charge >= 0.3 is 0 Å². The lowest BCUT2D eigenvalue weighted by Gasteiger charge is -2.08. The molecule has 0 saturated carbocycles. The molecule has 2 aromatic heterocycles. The van der Waals surface area contributed by atoms with Gasteiger partial charge in [0.05, 0.1) is 7.11 Å². The summed E-state index contributed by atoms with van der Waals surface area (Å²) >= 11 is 1.67. The molecule has 0 aliphatic rings. The van der Waals surface area contributed by atoms with Crippen molar-refractivity contribution in [2.75, 3.05) is 13.4 Å². The lowest BCUT2D eigenvalue weighted by molar-refractivity contribution is 0.398. The van der Waals surface area contributed by atoms with Crippen molar-refractivity contribution in [3.8, 4) is 28.5 Å². The van der Waals surface area contributed by atoms with E-state index in [0.717, 1.165) is 37.5 Å². The highest BCUT2D eigenvalue weighted by molar-refractivity contribution is 7.99. The second-order valence-electron chi connectivity index (χ2n) is 7.13. The standard InChI is InChI=1S/C24H23N3O2S2/c1-16-5-10-19(11-6-16)30-24-22(17-7-12-20(13-8-17)31(4)28)26-23(27(24)2)18-9-14-21(29-3)25-15-18/h5-15H,1-4H3. The molecule has 0 N–H and O–H groups in total. The maximum atomic E-state index is 11.8. The molecule has 4 aromatic rings. The lowest BCUT2D eigenvalue weighted by Crippen LogP contribution is -1.95. The van der Waals surface area contributed by atoms with E-state index in [2.05, 4.69) is 40.7 Å². The first-order valence-corrected chi connectivity index (χ1v) is 12.1. The van der Waals surface area contributed by atoms with Gasteiger partial charge in [-0.2, -0.15) is 0 Å². The number of nitrogens with zero attached hydrogens (tertiary/aromatic N) is 3. The Morgan fingerprint density at radius 2 is 1.65 bits per heavy atom. The van der Waals surface area contributed by atoms with Crippen LogP contribution in [0, 0.1) is 6.92 Å². The van der Waals surface area contributed by atoms with E-state index in [1.807, 2.05) is 43.4 Å². The molecule has 0 spiro atoms. The first-order chi connectivity index (χ1) is 15.0. The summed E-state index contributed by atoms with van der Waals surface area (Å²) in [6.45, 7) is 2.08. The second kappa shape index (κ2) is 9.08. The third kappa shape index (κ3) is 4.57. The van der Waals surface area contributed by atoms with Gasteiger partial charge in [-0.05, 0) is 37.3 Å². The monoisotopic (exact) mass is 449 g/mol. The second-order valence-corrected chi connectivity index (χ2v) is 9.57. The van der Waals surface area contributed by atoms with Gasteiger partial charge in [-0.15, -0.1) is 0 Å². The normalized spacial score (nSPS) is 12.0. The SMILES string of the molecule is COc1ccc(-c2nc(-c3ccc(S(C)=O)cc3)c(Sc3ccc(C)cc3)n2C)cn1. The van der Waals surface area contributed by atoms with Crippen LogP contribution >= 0.6 is 11.8 Å². The summed E-state index contributed by atoms with van der Waals surface area (Å²) in [5.74, 6) is 1.39. The molecule has 158 valence electrons. The highest BCUT2D eigenvalue weighted by Gasteiger charge is 2.19. The Morgan fingerprint density at radius 1 is 0.968 bits per heavy atom. The van der Waals surface area contributed by atoms with Crippen molar-refractivity contribution in [1.82, 2.24) is 14.5 Å². The first-order valence-electron chi connectivity index (χ1n) is 9.72. The minimum absolute atomic E-state index is 0.565. The van der Waals surface area contributed by atoms with Crippen LogP contribution in [0.15, 0.2) is 81.7 Å². The van der Waals surface area contributed by atoms with Crippen LogP contribution in [0.25, 0.3) is 22.6 Å². The molecule has 2 heterocycles. The lowest BCUT2D eigenvalue weighted by atomic mass is 10.2. The van der Waals surface area contributed by atoms with Crippen molar-refractivity contribution in [2.24, 2.45) is 7.05 Å². The predicted octanol–water partition coefficient (Wildman–Crippen LogP) is 5.35.